The molecule has 0 fully saturated rings. The summed E-state index contributed by atoms with van der Waals surface area (Å²) in [5.74, 6) is 1.11. The van der Waals surface area contributed by atoms with E-state index in [9.17, 15) is 9.59 Å². The lowest BCUT2D eigenvalue weighted by Crippen LogP contribution is -2.31. The van der Waals surface area contributed by atoms with E-state index in [1.807, 2.05) is 41.0 Å². The number of hydrogen-bond donors (Lipinski definition) is 2. The number of aromatic nitrogens is 3. The first-order valence-corrected chi connectivity index (χ1v) is 9.30. The number of nitrogens with one attached hydrogen (secondary N) is 2. The number of fused-ring (bicyclic) bond motifs is 2. The van der Waals surface area contributed by atoms with Crippen LogP contribution in [0, 0.1) is 0 Å². The van der Waals surface area contributed by atoms with E-state index in [1.165, 1.54) is 0 Å². The number of rotatable bonds is 3. The summed E-state index contributed by atoms with van der Waals surface area (Å²) in [5, 5.41) is 3.74. The topological polar surface area (TPSA) is 89.0 Å². The van der Waals surface area contributed by atoms with E-state index in [-0.39, 0.29) is 11.5 Å². The Labute approximate surface area is 166 Å². The number of benzene rings is 2. The summed E-state index contributed by atoms with van der Waals surface area (Å²) in [5.41, 5.74) is 3.37. The second kappa shape index (κ2) is 6.63. The highest BCUT2D eigenvalue weighted by Crippen LogP contribution is 2.25. The molecule has 0 bridgehead atoms. The predicted molar refractivity (Wildman–Crippen MR) is 110 cm³/mol. The van der Waals surface area contributed by atoms with Crippen molar-refractivity contribution in [1.29, 1.82) is 0 Å². The first-order valence-electron chi connectivity index (χ1n) is 9.30. The van der Waals surface area contributed by atoms with Gasteiger partial charge in [-0.15, -0.1) is 0 Å². The number of ether oxygens (including phenoxy) is 1. The molecule has 4 aromatic rings. The fraction of sp³-hybridized carbons (Fsp3) is 0.136. The van der Waals surface area contributed by atoms with E-state index in [0.717, 1.165) is 23.1 Å². The minimum Gasteiger partial charge on any atom is -0.497 e. The van der Waals surface area contributed by atoms with Gasteiger partial charge in [-0.05, 0) is 47.7 Å². The van der Waals surface area contributed by atoms with Gasteiger partial charge in [-0.25, -0.2) is 4.98 Å². The van der Waals surface area contributed by atoms with Gasteiger partial charge in [0.2, 0.25) is 0 Å². The Bertz CT molecular complexity index is 1320. The van der Waals surface area contributed by atoms with Crippen molar-refractivity contribution in [3.8, 4) is 22.8 Å². The monoisotopic (exact) mass is 386 g/mol. The maximum atomic E-state index is 12.8. The number of H-pyrrole nitrogens is 1. The molecular formula is C22H18N4O3. The highest BCUT2D eigenvalue weighted by molar-refractivity contribution is 5.97. The Morgan fingerprint density at radius 2 is 1.97 bits per heavy atom. The number of hydrogen-bond acceptors (Lipinski definition) is 4. The Kier molecular flexibility index (Phi) is 3.94. The molecule has 1 amide bonds. The predicted octanol–water partition coefficient (Wildman–Crippen LogP) is 2.68. The summed E-state index contributed by atoms with van der Waals surface area (Å²) in [4.78, 5) is 32.3. The molecule has 0 saturated carbocycles. The smallest absolute Gasteiger partial charge is 0.259 e. The molecule has 7 heteroatoms. The maximum absolute atomic E-state index is 12.8. The van der Waals surface area contributed by atoms with Crippen molar-refractivity contribution in [2.75, 3.05) is 13.7 Å². The molecule has 29 heavy (non-hydrogen) atoms. The number of imidazole rings is 1. The van der Waals surface area contributed by atoms with E-state index < -0.39 is 0 Å². The van der Waals surface area contributed by atoms with Gasteiger partial charge in [0.15, 0.2) is 0 Å². The highest BCUT2D eigenvalue weighted by Gasteiger charge is 2.19. The molecule has 3 heterocycles. The number of methoxy groups -OCH3 is 1. The minimum absolute atomic E-state index is 0.0766. The molecule has 0 unspecified atom stereocenters. The van der Waals surface area contributed by atoms with Crippen LogP contribution < -0.4 is 15.6 Å². The van der Waals surface area contributed by atoms with Crippen LogP contribution in [0.25, 0.3) is 28.0 Å². The molecule has 2 aromatic carbocycles. The lowest BCUT2D eigenvalue weighted by molar-refractivity contribution is 0.0946. The van der Waals surface area contributed by atoms with E-state index in [1.54, 1.807) is 25.6 Å². The second-order valence-corrected chi connectivity index (χ2v) is 6.93. The van der Waals surface area contributed by atoms with Crippen molar-refractivity contribution < 1.29 is 9.53 Å². The van der Waals surface area contributed by atoms with Crippen molar-refractivity contribution in [3.05, 3.63) is 76.3 Å². The molecule has 0 saturated heterocycles. The summed E-state index contributed by atoms with van der Waals surface area (Å²) in [6.07, 6.45) is 4.24. The quantitative estimate of drug-likeness (QED) is 0.567. The third kappa shape index (κ3) is 2.87. The van der Waals surface area contributed by atoms with Crippen molar-refractivity contribution in [3.63, 3.8) is 0 Å². The summed E-state index contributed by atoms with van der Waals surface area (Å²) in [6.45, 7) is 0.652. The molecule has 7 nitrogen and oxygen atoms in total. The molecule has 1 aliphatic rings. The van der Waals surface area contributed by atoms with Gasteiger partial charge in [0.1, 0.15) is 11.6 Å². The Morgan fingerprint density at radius 3 is 2.83 bits per heavy atom. The summed E-state index contributed by atoms with van der Waals surface area (Å²) in [6, 6.07) is 13.1. The fourth-order valence-corrected chi connectivity index (χ4v) is 3.73. The third-order valence-corrected chi connectivity index (χ3v) is 5.23. The zero-order chi connectivity index (χ0) is 20.0. The lowest BCUT2D eigenvalue weighted by atomic mass is 9.99. The molecule has 0 atom stereocenters. The van der Waals surface area contributed by atoms with Crippen LogP contribution in [-0.4, -0.2) is 34.1 Å². The van der Waals surface area contributed by atoms with E-state index in [0.29, 0.717) is 34.8 Å². The summed E-state index contributed by atoms with van der Waals surface area (Å²) >= 11 is 0. The molecule has 0 aliphatic carbocycles. The zero-order valence-electron chi connectivity index (χ0n) is 15.7. The molecular weight excluding hydrogens is 368 g/mol. The van der Waals surface area contributed by atoms with Gasteiger partial charge in [0.25, 0.3) is 11.5 Å². The molecule has 5 rings (SSSR count). The van der Waals surface area contributed by atoms with Gasteiger partial charge < -0.3 is 15.0 Å². The van der Waals surface area contributed by atoms with Crippen LogP contribution in [-0.2, 0) is 6.42 Å². The van der Waals surface area contributed by atoms with Crippen LogP contribution in [0.5, 0.6) is 5.75 Å². The van der Waals surface area contributed by atoms with Crippen LogP contribution in [0.1, 0.15) is 15.9 Å². The van der Waals surface area contributed by atoms with Gasteiger partial charge in [-0.3, -0.25) is 14.2 Å². The largest absolute Gasteiger partial charge is 0.497 e. The summed E-state index contributed by atoms with van der Waals surface area (Å²) < 4.78 is 7.05. The van der Waals surface area contributed by atoms with Crippen molar-refractivity contribution in [2.24, 2.45) is 0 Å². The van der Waals surface area contributed by atoms with Crippen LogP contribution in [0.4, 0.5) is 0 Å². The van der Waals surface area contributed by atoms with Gasteiger partial charge in [0, 0.05) is 36.3 Å². The SMILES string of the molecule is COc1ccc2cc(-c3nccn3-c3ccc4c(c3)C(=O)NCC4)c(=O)[nH]c2c1. The van der Waals surface area contributed by atoms with Crippen molar-refractivity contribution >= 4 is 16.8 Å². The number of amides is 1. The van der Waals surface area contributed by atoms with E-state index >= 15 is 0 Å². The maximum Gasteiger partial charge on any atom is 0.259 e. The molecule has 1 aliphatic heterocycles. The molecule has 144 valence electrons. The van der Waals surface area contributed by atoms with Gasteiger partial charge in [-0.2, -0.15) is 0 Å². The van der Waals surface area contributed by atoms with Crippen LogP contribution in [0.15, 0.2) is 59.7 Å². The number of carbonyl (C=O) groups excluding carboxylic acids is 1. The minimum atomic E-state index is -0.242. The molecule has 0 radical (unpaired) electrons. The second-order valence-electron chi connectivity index (χ2n) is 6.93. The molecule has 0 spiro atoms. The van der Waals surface area contributed by atoms with Crippen LogP contribution in [0.2, 0.25) is 0 Å². The molecule has 2 aromatic heterocycles. The van der Waals surface area contributed by atoms with Crippen molar-refractivity contribution in [1.82, 2.24) is 19.9 Å². The lowest BCUT2D eigenvalue weighted by Gasteiger charge is -2.18. The van der Waals surface area contributed by atoms with Crippen LogP contribution >= 0.6 is 0 Å². The zero-order valence-corrected chi connectivity index (χ0v) is 15.7. The normalized spacial score (nSPS) is 13.2. The van der Waals surface area contributed by atoms with Gasteiger partial charge >= 0.3 is 0 Å². The number of nitrogens with zero attached hydrogens (tertiary/aromatic N) is 2. The Balaban J connectivity index is 1.64. The first kappa shape index (κ1) is 17.2. The van der Waals surface area contributed by atoms with E-state index in [4.69, 9.17) is 4.74 Å². The Hall–Kier alpha value is -3.87. The average molecular weight is 386 g/mol. The van der Waals surface area contributed by atoms with Gasteiger partial charge in [0.05, 0.1) is 18.2 Å². The van der Waals surface area contributed by atoms with E-state index in [2.05, 4.69) is 15.3 Å². The highest BCUT2D eigenvalue weighted by atomic mass is 16.5. The van der Waals surface area contributed by atoms with Crippen LogP contribution in [0.3, 0.4) is 0 Å². The Morgan fingerprint density at radius 1 is 1.07 bits per heavy atom. The molecule has 2 N–H and O–H groups in total. The number of carbonyl (C=O) groups is 1. The standard InChI is InChI=1S/C22H18N4O3/c1-29-16-5-3-14-10-18(22(28)25-19(14)12-16)20-23-8-9-26(20)15-4-2-13-6-7-24-21(27)17(13)11-15/h2-5,8-12H,6-7H2,1H3,(H,24,27)(H,25,28). The third-order valence-electron chi connectivity index (χ3n) is 5.23. The number of aromatic amines is 1. The average Bonchev–Trinajstić information content (AvgIpc) is 3.22. The van der Waals surface area contributed by atoms with Crippen molar-refractivity contribution in [2.45, 2.75) is 6.42 Å². The fourth-order valence-electron chi connectivity index (χ4n) is 3.73. The number of pyridine rings is 1. The van der Waals surface area contributed by atoms with Gasteiger partial charge in [-0.1, -0.05) is 6.07 Å². The summed E-state index contributed by atoms with van der Waals surface area (Å²) in [7, 11) is 1.59. The first-order chi connectivity index (χ1) is 14.1.